The van der Waals surface area contributed by atoms with Gasteiger partial charge in [-0.25, -0.2) is 0 Å². The topological polar surface area (TPSA) is 84.0 Å². The number of hydrogen-bond donors (Lipinski definition) is 2. The second-order valence-corrected chi connectivity index (χ2v) is 8.08. The van der Waals surface area contributed by atoms with Crippen molar-refractivity contribution >= 4 is 11.8 Å². The minimum Gasteiger partial charge on any atom is -0.267 e. The maximum absolute atomic E-state index is 12.5. The number of aromatic nitrogens is 2. The van der Waals surface area contributed by atoms with Crippen LogP contribution >= 0.6 is 0 Å². The Kier molecular flexibility index (Phi) is 7.26. The van der Waals surface area contributed by atoms with Crippen LogP contribution in [0, 0.1) is 25.7 Å². The van der Waals surface area contributed by atoms with E-state index in [1.165, 1.54) is 0 Å². The third-order valence-electron chi connectivity index (χ3n) is 4.06. The molecule has 0 aliphatic rings. The number of pyridine rings is 2. The Morgan fingerprint density at radius 3 is 1.43 bits per heavy atom. The van der Waals surface area contributed by atoms with Gasteiger partial charge in [-0.3, -0.25) is 30.4 Å². The first-order valence-corrected chi connectivity index (χ1v) is 9.70. The third kappa shape index (κ3) is 6.44. The number of amides is 2. The molecule has 0 atom stereocenters. The van der Waals surface area contributed by atoms with Crippen molar-refractivity contribution in [3.63, 3.8) is 0 Å². The summed E-state index contributed by atoms with van der Waals surface area (Å²) in [5.41, 5.74) is 9.25. The van der Waals surface area contributed by atoms with Gasteiger partial charge in [-0.2, -0.15) is 0 Å². The highest BCUT2D eigenvalue weighted by atomic mass is 16.2. The third-order valence-corrected chi connectivity index (χ3v) is 4.06. The van der Waals surface area contributed by atoms with Crippen LogP contribution in [0.2, 0.25) is 0 Å². The fourth-order valence-electron chi connectivity index (χ4n) is 3.04. The Balaban J connectivity index is 2.07. The van der Waals surface area contributed by atoms with Crippen molar-refractivity contribution in [2.24, 2.45) is 11.8 Å². The van der Waals surface area contributed by atoms with Crippen molar-refractivity contribution < 1.29 is 9.59 Å². The van der Waals surface area contributed by atoms with E-state index in [4.69, 9.17) is 0 Å². The van der Waals surface area contributed by atoms with Gasteiger partial charge in [0.2, 0.25) is 0 Å². The van der Waals surface area contributed by atoms with Crippen molar-refractivity contribution in [2.45, 2.75) is 54.4 Å². The fourth-order valence-corrected chi connectivity index (χ4v) is 3.04. The molecule has 0 saturated carbocycles. The molecule has 6 nitrogen and oxygen atoms in total. The number of carbonyl (C=O) groups excluding carboxylic acids is 2. The number of carbonyl (C=O) groups is 2. The van der Waals surface area contributed by atoms with E-state index in [1.807, 2.05) is 13.8 Å². The van der Waals surface area contributed by atoms with Crippen LogP contribution in [0.3, 0.4) is 0 Å². The molecule has 2 aromatic heterocycles. The molecular formula is C22H30N4O2. The minimum absolute atomic E-state index is 0.364. The molecule has 150 valence electrons. The molecule has 0 aliphatic heterocycles. The Morgan fingerprint density at radius 1 is 0.750 bits per heavy atom. The molecule has 0 unspecified atom stereocenters. The molecule has 28 heavy (non-hydrogen) atoms. The second kappa shape index (κ2) is 9.44. The van der Waals surface area contributed by atoms with E-state index in [2.05, 4.69) is 48.5 Å². The van der Waals surface area contributed by atoms with E-state index in [9.17, 15) is 9.59 Å². The number of hydrazine groups is 1. The predicted octanol–water partition coefficient (Wildman–Crippen LogP) is 3.57. The van der Waals surface area contributed by atoms with Gasteiger partial charge in [0.25, 0.3) is 11.8 Å². The molecule has 0 saturated heterocycles. The highest BCUT2D eigenvalue weighted by molar-refractivity contribution is 5.99. The lowest BCUT2D eigenvalue weighted by Crippen LogP contribution is -2.41. The molecule has 2 N–H and O–H groups in total. The first-order chi connectivity index (χ1) is 13.1. The summed E-state index contributed by atoms with van der Waals surface area (Å²) in [6.07, 6.45) is 1.59. The average Bonchev–Trinajstić information content (AvgIpc) is 2.57. The van der Waals surface area contributed by atoms with Crippen molar-refractivity contribution in [3.05, 3.63) is 58.2 Å². The molecule has 6 heteroatoms. The van der Waals surface area contributed by atoms with Gasteiger partial charge in [-0.15, -0.1) is 0 Å². The van der Waals surface area contributed by atoms with Gasteiger partial charge in [0.15, 0.2) is 0 Å². The van der Waals surface area contributed by atoms with Crippen LogP contribution in [-0.4, -0.2) is 21.8 Å². The Morgan fingerprint density at radius 2 is 1.11 bits per heavy atom. The van der Waals surface area contributed by atoms with E-state index in [0.717, 1.165) is 35.6 Å². The lowest BCUT2D eigenvalue weighted by molar-refractivity contribution is 0.0846. The van der Waals surface area contributed by atoms with E-state index in [0.29, 0.717) is 23.0 Å². The predicted molar refractivity (Wildman–Crippen MR) is 110 cm³/mol. The minimum atomic E-state index is -0.364. The van der Waals surface area contributed by atoms with Crippen molar-refractivity contribution in [2.75, 3.05) is 0 Å². The largest absolute Gasteiger partial charge is 0.269 e. The number of nitrogens with zero attached hydrogens (tertiary/aromatic N) is 2. The number of aryl methyl sites for hydroxylation is 2. The standard InChI is InChI=1S/C22H30N4O2/c1-13(2)7-19-11-17(9-15(5)23-19)21(27)25-26-22(28)18-10-16(6)24-20(12-18)8-14(3)4/h9-14H,7-8H2,1-6H3,(H,25,27)(H,26,28). The molecule has 0 spiro atoms. The summed E-state index contributed by atoms with van der Waals surface area (Å²) >= 11 is 0. The van der Waals surface area contributed by atoms with Gasteiger partial charge in [0, 0.05) is 33.9 Å². The maximum atomic E-state index is 12.5. The highest BCUT2D eigenvalue weighted by Gasteiger charge is 2.13. The van der Waals surface area contributed by atoms with Gasteiger partial charge in [-0.1, -0.05) is 27.7 Å². The molecular weight excluding hydrogens is 352 g/mol. The van der Waals surface area contributed by atoms with Crippen LogP contribution < -0.4 is 10.9 Å². The van der Waals surface area contributed by atoms with E-state index in [-0.39, 0.29) is 11.8 Å². The van der Waals surface area contributed by atoms with Gasteiger partial charge in [-0.05, 0) is 62.8 Å². The van der Waals surface area contributed by atoms with Crippen LogP contribution in [0.25, 0.3) is 0 Å². The smallest absolute Gasteiger partial charge is 0.267 e. The van der Waals surface area contributed by atoms with Crippen molar-refractivity contribution in [3.8, 4) is 0 Å². The lowest BCUT2D eigenvalue weighted by Gasteiger charge is -2.12. The summed E-state index contributed by atoms with van der Waals surface area (Å²) in [7, 11) is 0. The summed E-state index contributed by atoms with van der Waals surface area (Å²) in [5.74, 6) is 0.161. The van der Waals surface area contributed by atoms with E-state index >= 15 is 0 Å². The molecule has 0 aliphatic carbocycles. The molecule has 0 bridgehead atoms. The molecule has 0 aromatic carbocycles. The summed E-state index contributed by atoms with van der Waals surface area (Å²) in [4.78, 5) is 33.9. The fraction of sp³-hybridized carbons (Fsp3) is 0.455. The SMILES string of the molecule is Cc1cc(C(=O)NNC(=O)c2cc(C)nc(CC(C)C)c2)cc(CC(C)C)n1. The number of nitrogens with one attached hydrogen (secondary N) is 2. The van der Waals surface area contributed by atoms with E-state index < -0.39 is 0 Å². The lowest BCUT2D eigenvalue weighted by atomic mass is 10.1. The molecule has 2 aromatic rings. The molecule has 0 radical (unpaired) electrons. The van der Waals surface area contributed by atoms with Crippen LogP contribution in [0.5, 0.6) is 0 Å². The quantitative estimate of drug-likeness (QED) is 0.748. The first kappa shape index (κ1) is 21.5. The van der Waals surface area contributed by atoms with Gasteiger partial charge >= 0.3 is 0 Å². The summed E-state index contributed by atoms with van der Waals surface area (Å²) in [5, 5.41) is 0. The van der Waals surface area contributed by atoms with Crippen molar-refractivity contribution in [1.82, 2.24) is 20.8 Å². The molecule has 2 heterocycles. The zero-order valence-corrected chi connectivity index (χ0v) is 17.6. The number of hydrogen-bond acceptors (Lipinski definition) is 4. The zero-order chi connectivity index (χ0) is 20.8. The van der Waals surface area contributed by atoms with Crippen LogP contribution in [0.1, 0.15) is 71.2 Å². The summed E-state index contributed by atoms with van der Waals surface area (Å²) in [6, 6.07) is 6.96. The highest BCUT2D eigenvalue weighted by Crippen LogP contribution is 2.12. The van der Waals surface area contributed by atoms with Gasteiger partial charge in [0.05, 0.1) is 0 Å². The maximum Gasteiger partial charge on any atom is 0.269 e. The van der Waals surface area contributed by atoms with Crippen molar-refractivity contribution in [1.29, 1.82) is 0 Å². The molecule has 2 amide bonds. The van der Waals surface area contributed by atoms with E-state index in [1.54, 1.807) is 24.3 Å². The van der Waals surface area contributed by atoms with Crippen LogP contribution in [0.4, 0.5) is 0 Å². The molecule has 2 rings (SSSR count). The van der Waals surface area contributed by atoms with Crippen LogP contribution in [-0.2, 0) is 12.8 Å². The zero-order valence-electron chi connectivity index (χ0n) is 17.6. The second-order valence-electron chi connectivity index (χ2n) is 8.08. The van der Waals surface area contributed by atoms with Crippen LogP contribution in [0.15, 0.2) is 24.3 Å². The van der Waals surface area contributed by atoms with Gasteiger partial charge < -0.3 is 0 Å². The average molecular weight is 383 g/mol. The summed E-state index contributed by atoms with van der Waals surface area (Å²) in [6.45, 7) is 12.1. The first-order valence-electron chi connectivity index (χ1n) is 9.70. The monoisotopic (exact) mass is 382 g/mol. The Bertz CT molecular complexity index is 788. The molecule has 0 fully saturated rings. The Labute approximate surface area is 167 Å². The van der Waals surface area contributed by atoms with Gasteiger partial charge in [0.1, 0.15) is 0 Å². The summed E-state index contributed by atoms with van der Waals surface area (Å²) < 4.78 is 0. The Hall–Kier alpha value is -2.76. The number of rotatable bonds is 6. The normalized spacial score (nSPS) is 11.0.